The Labute approximate surface area is 126 Å². The van der Waals surface area contributed by atoms with Crippen molar-refractivity contribution in [1.82, 2.24) is 0 Å². The fraction of sp³-hybridized carbons (Fsp3) is 0.0769. The molecule has 2 aromatic carbocycles. The lowest BCUT2D eigenvalue weighted by Crippen LogP contribution is -2.08. The summed E-state index contributed by atoms with van der Waals surface area (Å²) in [7, 11) is -3.81. The van der Waals surface area contributed by atoms with Crippen molar-refractivity contribution in [2.24, 2.45) is 0 Å². The molecule has 2 rings (SSSR count). The minimum absolute atomic E-state index is 0.00594. The fourth-order valence-electron chi connectivity index (χ4n) is 1.86. The quantitative estimate of drug-likeness (QED) is 0.528. The molecule has 21 heavy (non-hydrogen) atoms. The number of nitrogens with zero attached hydrogens (tertiary/aromatic N) is 1. The number of para-hydroxylation sites is 1. The SMILES string of the molecule is Nc1ccc(S(=O)(=O)Cc2ccccc2[N+](=O)[O-])c(Cl)c1. The van der Waals surface area contributed by atoms with Crippen LogP contribution in [0.4, 0.5) is 11.4 Å². The van der Waals surface area contributed by atoms with E-state index in [-0.39, 0.29) is 21.2 Å². The highest BCUT2D eigenvalue weighted by molar-refractivity contribution is 7.90. The normalized spacial score (nSPS) is 11.3. The second-order valence-electron chi connectivity index (χ2n) is 4.33. The summed E-state index contributed by atoms with van der Waals surface area (Å²) in [6, 6.07) is 9.72. The Kier molecular flexibility index (Phi) is 4.15. The van der Waals surface area contributed by atoms with E-state index in [4.69, 9.17) is 17.3 Å². The molecule has 2 N–H and O–H groups in total. The van der Waals surface area contributed by atoms with Gasteiger partial charge in [-0.3, -0.25) is 10.1 Å². The average Bonchev–Trinajstić information content (AvgIpc) is 2.37. The first-order valence-corrected chi connectivity index (χ1v) is 7.84. The molecule has 0 saturated heterocycles. The van der Waals surface area contributed by atoms with Crippen LogP contribution in [-0.4, -0.2) is 13.3 Å². The van der Waals surface area contributed by atoms with Crippen LogP contribution in [0.25, 0.3) is 0 Å². The van der Waals surface area contributed by atoms with Gasteiger partial charge in [0.05, 0.1) is 20.6 Å². The van der Waals surface area contributed by atoms with Gasteiger partial charge in [0, 0.05) is 17.3 Å². The summed E-state index contributed by atoms with van der Waals surface area (Å²) in [5.74, 6) is -0.506. The van der Waals surface area contributed by atoms with Crippen molar-refractivity contribution in [2.45, 2.75) is 10.6 Å². The van der Waals surface area contributed by atoms with Crippen LogP contribution < -0.4 is 5.73 Å². The van der Waals surface area contributed by atoms with Gasteiger partial charge in [-0.25, -0.2) is 8.42 Å². The summed E-state index contributed by atoms with van der Waals surface area (Å²) in [5.41, 5.74) is 5.72. The van der Waals surface area contributed by atoms with Gasteiger partial charge in [-0.05, 0) is 18.2 Å². The summed E-state index contributed by atoms with van der Waals surface area (Å²) >= 11 is 5.89. The van der Waals surface area contributed by atoms with Gasteiger partial charge >= 0.3 is 0 Å². The molecule has 110 valence electrons. The zero-order chi connectivity index (χ0) is 15.6. The topological polar surface area (TPSA) is 103 Å². The second-order valence-corrected chi connectivity index (χ2v) is 6.70. The third kappa shape index (κ3) is 3.32. The molecule has 0 aliphatic carbocycles. The van der Waals surface area contributed by atoms with E-state index in [1.54, 1.807) is 6.07 Å². The van der Waals surface area contributed by atoms with Gasteiger partial charge in [-0.2, -0.15) is 0 Å². The molecule has 0 aromatic heterocycles. The van der Waals surface area contributed by atoms with E-state index in [1.807, 2.05) is 0 Å². The van der Waals surface area contributed by atoms with Crippen molar-refractivity contribution in [3.63, 3.8) is 0 Å². The Hall–Kier alpha value is -2.12. The van der Waals surface area contributed by atoms with Crippen LogP contribution in [-0.2, 0) is 15.6 Å². The number of hydrogen-bond donors (Lipinski definition) is 1. The Balaban J connectivity index is 2.45. The first-order valence-electron chi connectivity index (χ1n) is 5.81. The Morgan fingerprint density at radius 1 is 1.19 bits per heavy atom. The number of nitrogen functional groups attached to an aromatic ring is 1. The van der Waals surface area contributed by atoms with Crippen LogP contribution in [0, 0.1) is 10.1 Å². The number of anilines is 1. The Morgan fingerprint density at radius 2 is 1.86 bits per heavy atom. The third-order valence-corrected chi connectivity index (χ3v) is 4.97. The summed E-state index contributed by atoms with van der Waals surface area (Å²) < 4.78 is 24.7. The van der Waals surface area contributed by atoms with E-state index in [0.717, 1.165) is 0 Å². The molecule has 0 radical (unpaired) electrons. The average molecular weight is 327 g/mol. The predicted molar refractivity (Wildman–Crippen MR) is 79.9 cm³/mol. The number of hydrogen-bond acceptors (Lipinski definition) is 5. The number of benzene rings is 2. The first kappa shape index (κ1) is 15.3. The van der Waals surface area contributed by atoms with Gasteiger partial charge < -0.3 is 5.73 Å². The summed E-state index contributed by atoms with van der Waals surface area (Å²) in [5, 5.41) is 10.9. The van der Waals surface area contributed by atoms with E-state index < -0.39 is 20.5 Å². The number of rotatable bonds is 4. The standard InChI is InChI=1S/C13H11ClN2O4S/c14-11-7-10(15)5-6-13(11)21(19,20)8-9-3-1-2-4-12(9)16(17)18/h1-7H,8,15H2. The van der Waals surface area contributed by atoms with Crippen LogP contribution >= 0.6 is 11.6 Å². The van der Waals surface area contributed by atoms with Gasteiger partial charge in [-0.15, -0.1) is 0 Å². The molecular formula is C13H11ClN2O4S. The van der Waals surface area contributed by atoms with Crippen LogP contribution in [0.1, 0.15) is 5.56 Å². The number of nitrogens with two attached hydrogens (primary N) is 1. The molecule has 0 atom stereocenters. The van der Waals surface area contributed by atoms with Gasteiger partial charge in [0.2, 0.25) is 0 Å². The molecule has 0 spiro atoms. The number of sulfone groups is 1. The fourth-order valence-corrected chi connectivity index (χ4v) is 3.84. The molecule has 0 amide bonds. The molecule has 0 aliphatic rings. The van der Waals surface area contributed by atoms with Gasteiger partial charge in [0.1, 0.15) is 0 Å². The van der Waals surface area contributed by atoms with Crippen LogP contribution in [0.15, 0.2) is 47.4 Å². The second kappa shape index (κ2) is 5.71. The maximum absolute atomic E-state index is 12.4. The third-order valence-electron chi connectivity index (χ3n) is 2.82. The van der Waals surface area contributed by atoms with Gasteiger partial charge in [0.15, 0.2) is 9.84 Å². The molecule has 0 bridgehead atoms. The van der Waals surface area contributed by atoms with E-state index in [9.17, 15) is 18.5 Å². The van der Waals surface area contributed by atoms with Gasteiger partial charge in [0.25, 0.3) is 5.69 Å². The van der Waals surface area contributed by atoms with E-state index >= 15 is 0 Å². The lowest BCUT2D eigenvalue weighted by atomic mass is 10.2. The van der Waals surface area contributed by atoms with Crippen molar-refractivity contribution in [2.75, 3.05) is 5.73 Å². The lowest BCUT2D eigenvalue weighted by molar-refractivity contribution is -0.385. The van der Waals surface area contributed by atoms with Crippen molar-refractivity contribution in [3.05, 3.63) is 63.2 Å². The monoisotopic (exact) mass is 326 g/mol. The highest BCUT2D eigenvalue weighted by Gasteiger charge is 2.23. The zero-order valence-electron chi connectivity index (χ0n) is 10.7. The maximum Gasteiger partial charge on any atom is 0.273 e. The highest BCUT2D eigenvalue weighted by atomic mass is 35.5. The summed E-state index contributed by atoms with van der Waals surface area (Å²) in [4.78, 5) is 10.2. The lowest BCUT2D eigenvalue weighted by Gasteiger charge is -2.07. The minimum Gasteiger partial charge on any atom is -0.399 e. The molecule has 0 fully saturated rings. The van der Waals surface area contributed by atoms with Gasteiger partial charge in [-0.1, -0.05) is 29.8 Å². The number of halogens is 1. The predicted octanol–water partition coefficient (Wildman–Crippen LogP) is 2.80. The van der Waals surface area contributed by atoms with E-state index in [0.29, 0.717) is 5.69 Å². The number of nitro groups is 1. The van der Waals surface area contributed by atoms with Crippen LogP contribution in [0.2, 0.25) is 5.02 Å². The molecule has 0 heterocycles. The van der Waals surface area contributed by atoms with Crippen molar-refractivity contribution < 1.29 is 13.3 Å². The Bertz CT molecular complexity index is 806. The van der Waals surface area contributed by atoms with Crippen molar-refractivity contribution in [1.29, 1.82) is 0 Å². The van der Waals surface area contributed by atoms with Crippen LogP contribution in [0.3, 0.4) is 0 Å². The molecular weight excluding hydrogens is 316 g/mol. The van der Waals surface area contributed by atoms with E-state index in [1.165, 1.54) is 36.4 Å². The summed E-state index contributed by atoms with van der Waals surface area (Å²) in [6.07, 6.45) is 0. The first-order chi connectivity index (χ1) is 9.81. The molecule has 0 aliphatic heterocycles. The van der Waals surface area contributed by atoms with Crippen molar-refractivity contribution >= 4 is 32.8 Å². The molecule has 6 nitrogen and oxygen atoms in total. The van der Waals surface area contributed by atoms with E-state index in [2.05, 4.69) is 0 Å². The largest absolute Gasteiger partial charge is 0.399 e. The molecule has 0 saturated carbocycles. The minimum atomic E-state index is -3.81. The zero-order valence-corrected chi connectivity index (χ0v) is 12.3. The maximum atomic E-state index is 12.4. The number of nitro benzene ring substituents is 1. The molecule has 0 unspecified atom stereocenters. The van der Waals surface area contributed by atoms with Crippen molar-refractivity contribution in [3.8, 4) is 0 Å². The molecule has 2 aromatic rings. The highest BCUT2D eigenvalue weighted by Crippen LogP contribution is 2.29. The Morgan fingerprint density at radius 3 is 2.48 bits per heavy atom. The smallest absolute Gasteiger partial charge is 0.273 e. The van der Waals surface area contributed by atoms with Crippen LogP contribution in [0.5, 0.6) is 0 Å². The molecule has 8 heteroatoms. The summed E-state index contributed by atoms with van der Waals surface area (Å²) in [6.45, 7) is 0.